The van der Waals surface area contributed by atoms with Gasteiger partial charge in [-0.3, -0.25) is 0 Å². The Kier molecular flexibility index (Phi) is 142. The molecule has 0 heterocycles. The van der Waals surface area contributed by atoms with Crippen LogP contribution in [0.3, 0.4) is 0 Å². The van der Waals surface area contributed by atoms with Crippen molar-refractivity contribution in [1.82, 2.24) is 0 Å². The van der Waals surface area contributed by atoms with Crippen molar-refractivity contribution in [2.45, 2.75) is 0 Å². The Morgan fingerprint density at radius 2 is 1.17 bits per heavy atom. The normalized spacial score (nSPS) is 3.00. The van der Waals surface area contributed by atoms with Gasteiger partial charge in [-0.2, -0.15) is 0 Å². The molecular formula is CoMnNiO3. The van der Waals surface area contributed by atoms with Gasteiger partial charge in [0.25, 0.3) is 0 Å². The van der Waals surface area contributed by atoms with Crippen LogP contribution < -0.4 is 10.5 Å². The molecule has 0 aliphatic carbocycles. The van der Waals surface area contributed by atoms with Crippen LogP contribution in [-0.2, 0) is 55.4 Å². The molecule has 0 aromatic heterocycles. The van der Waals surface area contributed by atoms with Gasteiger partial charge in [-0.1, -0.05) is 0 Å². The molecule has 44 valence electrons. The summed E-state index contributed by atoms with van der Waals surface area (Å²) in [5.74, 6) is 0. The van der Waals surface area contributed by atoms with Crippen LogP contribution in [0.1, 0.15) is 0 Å². The molecule has 0 aliphatic heterocycles. The predicted octanol–water partition coefficient (Wildman–Crippen LogP) is -2.45. The quantitative estimate of drug-likeness (QED) is 0.259. The molecule has 0 aromatic carbocycles. The molecule has 0 aliphatic rings. The number of hydrogen-bond acceptors (Lipinski definition) is 3. The minimum Gasteiger partial charge on any atom is -0.734 e. The van der Waals surface area contributed by atoms with Gasteiger partial charge < -0.3 is 15.6 Å². The third-order valence-electron chi connectivity index (χ3n) is 0. The molecule has 2 radical (unpaired) electrons. The zero-order chi connectivity index (χ0) is 2.71. The Balaban J connectivity index is -0.00000000667. The fourth-order valence-corrected chi connectivity index (χ4v) is 0. The molecule has 0 unspecified atom stereocenters. The van der Waals surface area contributed by atoms with Gasteiger partial charge >= 0.3 is 17.1 Å². The van der Waals surface area contributed by atoms with E-state index in [1.807, 2.05) is 0 Å². The molecular weight excluding hydrogens is 221 g/mol. The second-order valence-electron chi connectivity index (χ2n) is 0.0680. The van der Waals surface area contributed by atoms with Crippen molar-refractivity contribution in [2.75, 3.05) is 0 Å². The third kappa shape index (κ3) is 53.4. The predicted molar refractivity (Wildman–Crippen MR) is 1.08 cm³/mol. The van der Waals surface area contributed by atoms with E-state index in [2.05, 4.69) is 0 Å². The largest absolute Gasteiger partial charge is 2.00 e. The Hall–Kier alpha value is 1.40. The van der Waals surface area contributed by atoms with Gasteiger partial charge in [0.1, 0.15) is 0 Å². The molecule has 0 amide bonds. The maximum atomic E-state index is 7.88. The van der Waals surface area contributed by atoms with Crippen molar-refractivity contribution in [3.8, 4) is 0 Å². The van der Waals surface area contributed by atoms with E-state index in [4.69, 9.17) is 10.5 Å². The van der Waals surface area contributed by atoms with Gasteiger partial charge in [0.2, 0.25) is 0 Å². The molecule has 0 fully saturated rings. The summed E-state index contributed by atoms with van der Waals surface area (Å²) in [4.78, 5) is 0. The molecule has 0 saturated heterocycles. The zero-order valence-corrected chi connectivity index (χ0v) is 5.46. The second kappa shape index (κ2) is 32.4. The van der Waals surface area contributed by atoms with Crippen LogP contribution in [0.5, 0.6) is 0 Å². The van der Waals surface area contributed by atoms with Crippen LogP contribution in [0.2, 0.25) is 0 Å². The number of rotatable bonds is 0. The minimum absolute atomic E-state index is 0. The van der Waals surface area contributed by atoms with Crippen molar-refractivity contribution < 1.29 is 65.9 Å². The molecule has 0 N–H and O–H groups in total. The fourth-order valence-electron chi connectivity index (χ4n) is 0. The number of hydrogen-bond donors (Lipinski definition) is 0. The van der Waals surface area contributed by atoms with Gasteiger partial charge in [0.05, 0.1) is 0 Å². The van der Waals surface area contributed by atoms with Crippen LogP contribution in [0.4, 0.5) is 0 Å². The SMILES string of the molecule is [Co].[Mn+2].[Ni].[O-]O[O-]. The van der Waals surface area contributed by atoms with E-state index < -0.39 is 0 Å². The van der Waals surface area contributed by atoms with Crippen LogP contribution in [0.15, 0.2) is 0 Å². The van der Waals surface area contributed by atoms with E-state index in [-0.39, 0.29) is 50.3 Å². The third-order valence-corrected chi connectivity index (χ3v) is 0. The van der Waals surface area contributed by atoms with E-state index in [1.54, 1.807) is 5.04 Å². The summed E-state index contributed by atoms with van der Waals surface area (Å²) in [6, 6.07) is 0. The van der Waals surface area contributed by atoms with Crippen molar-refractivity contribution in [3.63, 3.8) is 0 Å². The second-order valence-corrected chi connectivity index (χ2v) is 0.0680. The monoisotopic (exact) mass is 220 g/mol. The van der Waals surface area contributed by atoms with Crippen LogP contribution in [0.25, 0.3) is 0 Å². The van der Waals surface area contributed by atoms with Crippen molar-refractivity contribution >= 4 is 0 Å². The van der Waals surface area contributed by atoms with E-state index in [0.717, 1.165) is 0 Å². The first-order chi connectivity index (χ1) is 1.41. The molecule has 6 heavy (non-hydrogen) atoms. The van der Waals surface area contributed by atoms with Gasteiger partial charge in [-0.05, 0) is 0 Å². The van der Waals surface area contributed by atoms with Gasteiger partial charge in [-0.25, -0.2) is 0 Å². The summed E-state index contributed by atoms with van der Waals surface area (Å²) < 4.78 is 0. The van der Waals surface area contributed by atoms with Crippen LogP contribution >= 0.6 is 0 Å². The summed E-state index contributed by atoms with van der Waals surface area (Å²) in [6.45, 7) is 0. The first-order valence-electron chi connectivity index (χ1n) is 0.333. The van der Waals surface area contributed by atoms with E-state index in [0.29, 0.717) is 0 Å². The van der Waals surface area contributed by atoms with E-state index in [9.17, 15) is 0 Å². The first-order valence-corrected chi connectivity index (χ1v) is 0.333. The Morgan fingerprint density at radius 1 is 1.17 bits per heavy atom. The van der Waals surface area contributed by atoms with Crippen LogP contribution in [-0.4, -0.2) is 0 Å². The first kappa shape index (κ1) is 26.2. The average molecular weight is 221 g/mol. The Morgan fingerprint density at radius 3 is 1.17 bits per heavy atom. The standard InChI is InChI=1S/Co.Mn.Ni.H2O3/c;;;1-3-2/h;;;1-2H/q;+2;;/p-2. The van der Waals surface area contributed by atoms with E-state index in [1.165, 1.54) is 0 Å². The Bertz CT molecular complexity index is 10.8. The van der Waals surface area contributed by atoms with Gasteiger partial charge in [0.15, 0.2) is 0 Å². The minimum atomic E-state index is 0. The van der Waals surface area contributed by atoms with Crippen LogP contribution in [0, 0.1) is 0 Å². The topological polar surface area (TPSA) is 55.3 Å². The molecule has 0 spiro atoms. The van der Waals surface area contributed by atoms with Crippen molar-refractivity contribution in [2.24, 2.45) is 0 Å². The van der Waals surface area contributed by atoms with Crippen molar-refractivity contribution in [3.05, 3.63) is 0 Å². The maximum absolute atomic E-state index is 7.88. The van der Waals surface area contributed by atoms with Crippen molar-refractivity contribution in [1.29, 1.82) is 0 Å². The molecule has 3 nitrogen and oxygen atoms in total. The molecule has 0 rings (SSSR count). The maximum Gasteiger partial charge on any atom is 2.00 e. The zero-order valence-electron chi connectivity index (χ0n) is 2.25. The van der Waals surface area contributed by atoms with Gasteiger partial charge in [0, 0.05) is 33.3 Å². The summed E-state index contributed by atoms with van der Waals surface area (Å²) >= 11 is 0. The smallest absolute Gasteiger partial charge is 0.734 e. The summed E-state index contributed by atoms with van der Waals surface area (Å²) in [7, 11) is 0. The summed E-state index contributed by atoms with van der Waals surface area (Å²) in [6.07, 6.45) is 0. The van der Waals surface area contributed by atoms with Gasteiger partial charge in [-0.15, -0.1) is 0 Å². The summed E-state index contributed by atoms with van der Waals surface area (Å²) in [5.41, 5.74) is 0. The molecule has 0 bridgehead atoms. The molecule has 0 atom stereocenters. The van der Waals surface area contributed by atoms with E-state index >= 15 is 0 Å². The average Bonchev–Trinajstić information content (AvgIpc) is 0.918. The summed E-state index contributed by atoms with van der Waals surface area (Å²) in [5, 5.41) is 17.5. The Labute approximate surface area is 65.9 Å². The molecule has 6 heteroatoms. The fraction of sp³-hybridized carbons (Fsp3) is 0. The molecule has 0 saturated carbocycles. The molecule has 0 aromatic rings.